The van der Waals surface area contributed by atoms with Gasteiger partial charge in [0.15, 0.2) is 11.2 Å². The third-order valence-electron chi connectivity index (χ3n) is 6.80. The van der Waals surface area contributed by atoms with E-state index in [4.69, 9.17) is 10.5 Å². The van der Waals surface area contributed by atoms with Crippen LogP contribution in [-0.2, 0) is 4.79 Å². The van der Waals surface area contributed by atoms with Crippen LogP contribution in [0.2, 0.25) is 0 Å². The van der Waals surface area contributed by atoms with Crippen molar-refractivity contribution in [1.82, 2.24) is 4.98 Å². The van der Waals surface area contributed by atoms with Crippen LogP contribution in [0.25, 0.3) is 6.08 Å². The van der Waals surface area contributed by atoms with Crippen molar-refractivity contribution in [2.45, 2.75) is 18.0 Å². The minimum atomic E-state index is -1.69. The summed E-state index contributed by atoms with van der Waals surface area (Å²) in [6.45, 7) is 0. The van der Waals surface area contributed by atoms with Gasteiger partial charge in [0.2, 0.25) is 5.91 Å². The number of carbonyl (C=O) groups excluding carboxylic acids is 2. The number of ketones is 1. The molecule has 0 aliphatic carbocycles. The van der Waals surface area contributed by atoms with Gasteiger partial charge >= 0.3 is 0 Å². The standard InChI is InChI=1S/C27H22N4O3/c1-34-20-9-4-7-18(14-20)25(32)24-23(19-8-5-13-30-15-19)27(16-28,26(29)33)22-12-11-17-6-2-3-10-21(17)31(22)24/h2-15,22-24H,1H3,(H2,29,33)/t22-,23-,24+,27+/m1/s1. The number of amides is 1. The molecule has 3 heterocycles. The molecule has 7 nitrogen and oxygen atoms in total. The zero-order valence-electron chi connectivity index (χ0n) is 18.5. The largest absolute Gasteiger partial charge is 0.497 e. The van der Waals surface area contributed by atoms with Gasteiger partial charge in [-0.05, 0) is 35.4 Å². The van der Waals surface area contributed by atoms with Gasteiger partial charge in [-0.25, -0.2) is 0 Å². The van der Waals surface area contributed by atoms with Gasteiger partial charge in [-0.3, -0.25) is 14.6 Å². The fourth-order valence-corrected chi connectivity index (χ4v) is 5.31. The van der Waals surface area contributed by atoms with Gasteiger partial charge < -0.3 is 15.4 Å². The van der Waals surface area contributed by atoms with Gasteiger partial charge in [0.1, 0.15) is 11.8 Å². The van der Waals surface area contributed by atoms with E-state index in [-0.39, 0.29) is 5.78 Å². The number of hydrogen-bond donors (Lipinski definition) is 1. The van der Waals surface area contributed by atoms with E-state index in [1.807, 2.05) is 35.2 Å². The third kappa shape index (κ3) is 3.00. The Morgan fingerprint density at radius 3 is 2.68 bits per heavy atom. The van der Waals surface area contributed by atoms with E-state index in [1.165, 1.54) is 7.11 Å². The smallest absolute Gasteiger partial charge is 0.241 e. The average molecular weight is 450 g/mol. The molecule has 7 heteroatoms. The maximum atomic E-state index is 14.2. The number of para-hydroxylation sites is 1. The molecule has 3 aromatic rings. The van der Waals surface area contributed by atoms with E-state index in [2.05, 4.69) is 11.1 Å². The number of rotatable bonds is 5. The van der Waals surface area contributed by atoms with E-state index in [9.17, 15) is 14.9 Å². The summed E-state index contributed by atoms with van der Waals surface area (Å²) in [6.07, 6.45) is 6.89. The SMILES string of the molecule is COc1cccc(C(=O)[C@@H]2[C@@H](c3cccnc3)[C@@](C#N)(C(N)=O)[C@H]3C=Cc4ccccc4N23)c1. The molecule has 0 spiro atoms. The number of hydrogen-bond acceptors (Lipinski definition) is 6. The lowest BCUT2D eigenvalue weighted by atomic mass is 9.68. The average Bonchev–Trinajstić information content (AvgIpc) is 3.20. The van der Waals surface area contributed by atoms with Crippen molar-refractivity contribution in [2.75, 3.05) is 12.0 Å². The summed E-state index contributed by atoms with van der Waals surface area (Å²) < 4.78 is 5.33. The van der Waals surface area contributed by atoms with Crippen LogP contribution in [0.4, 0.5) is 5.69 Å². The number of Topliss-reactive ketones (excluding diaryl/α,β-unsaturated/α-hetero) is 1. The first-order chi connectivity index (χ1) is 16.5. The van der Waals surface area contributed by atoms with Gasteiger partial charge in [-0.2, -0.15) is 5.26 Å². The van der Waals surface area contributed by atoms with Gasteiger partial charge in [-0.1, -0.05) is 48.6 Å². The Balaban J connectivity index is 1.80. The van der Waals surface area contributed by atoms with Crippen molar-refractivity contribution < 1.29 is 14.3 Å². The molecule has 2 N–H and O–H groups in total. The Morgan fingerprint density at radius 1 is 1.15 bits per heavy atom. The molecule has 5 rings (SSSR count). The molecule has 4 atom stereocenters. The van der Waals surface area contributed by atoms with Crippen LogP contribution in [-0.4, -0.2) is 35.9 Å². The number of aromatic nitrogens is 1. The number of nitrogens with zero attached hydrogens (tertiary/aromatic N) is 3. The van der Waals surface area contributed by atoms with Gasteiger partial charge in [0.25, 0.3) is 0 Å². The number of fused-ring (bicyclic) bond motifs is 3. The summed E-state index contributed by atoms with van der Waals surface area (Å²) in [4.78, 5) is 33.4. The van der Waals surface area contributed by atoms with Gasteiger partial charge in [0.05, 0.1) is 19.2 Å². The molecule has 1 fully saturated rings. The van der Waals surface area contributed by atoms with Crippen LogP contribution < -0.4 is 15.4 Å². The summed E-state index contributed by atoms with van der Waals surface area (Å²) in [5.41, 5.74) is 6.96. The first-order valence-corrected chi connectivity index (χ1v) is 10.9. The van der Waals surface area contributed by atoms with Crippen molar-refractivity contribution in [3.63, 3.8) is 0 Å². The molecule has 2 aliphatic rings. The molecule has 0 radical (unpaired) electrons. The summed E-state index contributed by atoms with van der Waals surface area (Å²) in [5, 5.41) is 10.5. The van der Waals surface area contributed by atoms with Crippen LogP contribution in [0.15, 0.2) is 79.1 Å². The van der Waals surface area contributed by atoms with E-state index in [1.54, 1.807) is 54.9 Å². The predicted octanol–water partition coefficient (Wildman–Crippen LogP) is 3.34. The molecule has 0 unspecified atom stereocenters. The summed E-state index contributed by atoms with van der Waals surface area (Å²) in [6, 6.07) is 18.6. The molecule has 1 amide bonds. The van der Waals surface area contributed by atoms with Gasteiger partial charge in [-0.15, -0.1) is 0 Å². The monoisotopic (exact) mass is 450 g/mol. The minimum Gasteiger partial charge on any atom is -0.497 e. The molecule has 168 valence electrons. The van der Waals surface area contributed by atoms with E-state index < -0.39 is 29.3 Å². The van der Waals surface area contributed by atoms with Crippen LogP contribution in [0, 0.1) is 16.7 Å². The van der Waals surface area contributed by atoms with Crippen molar-refractivity contribution in [3.05, 3.63) is 95.8 Å². The summed E-state index contributed by atoms with van der Waals surface area (Å²) >= 11 is 0. The van der Waals surface area contributed by atoms with E-state index in [0.717, 1.165) is 11.3 Å². The fourth-order valence-electron chi connectivity index (χ4n) is 5.31. The second-order valence-electron chi connectivity index (χ2n) is 8.42. The van der Waals surface area contributed by atoms with Crippen molar-refractivity contribution in [1.29, 1.82) is 5.26 Å². The van der Waals surface area contributed by atoms with Crippen LogP contribution in [0.3, 0.4) is 0 Å². The van der Waals surface area contributed by atoms with E-state index in [0.29, 0.717) is 16.9 Å². The highest BCUT2D eigenvalue weighted by atomic mass is 16.5. The molecular weight excluding hydrogens is 428 g/mol. The Labute approximate surface area is 197 Å². The first-order valence-electron chi connectivity index (χ1n) is 10.9. The number of nitriles is 1. The number of primary amides is 1. The first kappa shape index (κ1) is 21.4. The molecule has 1 saturated heterocycles. The molecule has 0 bridgehead atoms. The van der Waals surface area contributed by atoms with E-state index >= 15 is 0 Å². The predicted molar refractivity (Wildman–Crippen MR) is 127 cm³/mol. The van der Waals surface area contributed by atoms with Crippen molar-refractivity contribution in [3.8, 4) is 11.8 Å². The number of nitrogens with two attached hydrogens (primary N) is 1. The number of benzene rings is 2. The molecule has 34 heavy (non-hydrogen) atoms. The topological polar surface area (TPSA) is 109 Å². The fraction of sp³-hybridized carbons (Fsp3) is 0.185. The van der Waals surface area contributed by atoms with Crippen LogP contribution in [0.5, 0.6) is 5.75 Å². The maximum Gasteiger partial charge on any atom is 0.241 e. The highest BCUT2D eigenvalue weighted by molar-refractivity contribution is 6.06. The quantitative estimate of drug-likeness (QED) is 0.597. The van der Waals surface area contributed by atoms with Crippen molar-refractivity contribution in [2.24, 2.45) is 11.1 Å². The Morgan fingerprint density at radius 2 is 1.97 bits per heavy atom. The zero-order valence-corrected chi connectivity index (χ0v) is 18.5. The second-order valence-corrected chi connectivity index (χ2v) is 8.42. The van der Waals surface area contributed by atoms with Crippen LogP contribution in [0.1, 0.15) is 27.4 Å². The Hall–Kier alpha value is -4.44. The lowest BCUT2D eigenvalue weighted by Crippen LogP contribution is -2.49. The lowest BCUT2D eigenvalue weighted by Gasteiger charge is -2.36. The Kier molecular flexibility index (Phi) is 5.14. The highest BCUT2D eigenvalue weighted by Gasteiger charge is 2.65. The lowest BCUT2D eigenvalue weighted by molar-refractivity contribution is -0.125. The number of methoxy groups -OCH3 is 1. The summed E-state index contributed by atoms with van der Waals surface area (Å²) in [5.74, 6) is -1.31. The minimum absolute atomic E-state index is 0.235. The maximum absolute atomic E-state index is 14.2. The third-order valence-corrected chi connectivity index (χ3v) is 6.80. The summed E-state index contributed by atoms with van der Waals surface area (Å²) in [7, 11) is 1.53. The number of anilines is 1. The number of pyridine rings is 1. The number of ether oxygens (including phenoxy) is 1. The van der Waals surface area contributed by atoms with Crippen LogP contribution >= 0.6 is 0 Å². The molecular formula is C27H22N4O3. The number of carbonyl (C=O) groups is 2. The van der Waals surface area contributed by atoms with Crippen molar-refractivity contribution >= 4 is 23.5 Å². The second kappa shape index (κ2) is 8.16. The van der Waals surface area contributed by atoms with Gasteiger partial charge in [0, 0.05) is 29.6 Å². The Bertz CT molecular complexity index is 1350. The zero-order chi connectivity index (χ0) is 23.9. The molecule has 2 aromatic carbocycles. The molecule has 1 aromatic heterocycles. The normalized spacial score (nSPS) is 24.6. The molecule has 2 aliphatic heterocycles. The highest BCUT2D eigenvalue weighted by Crippen LogP contribution is 2.55. The molecule has 0 saturated carbocycles.